The molecule has 0 fully saturated rings. The van der Waals surface area contributed by atoms with Gasteiger partial charge in [-0.1, -0.05) is 0 Å². The lowest BCUT2D eigenvalue weighted by atomic mass is 10.1. The summed E-state index contributed by atoms with van der Waals surface area (Å²) in [4.78, 5) is 11.3. The summed E-state index contributed by atoms with van der Waals surface area (Å²) in [5.74, 6) is -0.602. The molecule has 0 bridgehead atoms. The van der Waals surface area contributed by atoms with Crippen LogP contribution in [0.2, 0.25) is 0 Å². The average Bonchev–Trinajstić information content (AvgIpc) is 2.10. The Morgan fingerprint density at radius 1 is 1.62 bits per heavy atom. The van der Waals surface area contributed by atoms with E-state index in [1.165, 1.54) is 18.2 Å². The molecule has 1 aromatic carbocycles. The Bertz CT molecular complexity index is 325. The van der Waals surface area contributed by atoms with Crippen molar-refractivity contribution in [3.63, 3.8) is 0 Å². The normalized spacial score (nSPS) is 10.0. The van der Waals surface area contributed by atoms with Gasteiger partial charge in [0, 0.05) is 5.56 Å². The highest BCUT2D eigenvalue weighted by atomic mass is 19.1. The van der Waals surface area contributed by atoms with E-state index in [-0.39, 0.29) is 18.0 Å². The van der Waals surface area contributed by atoms with Crippen LogP contribution in [0.15, 0.2) is 18.2 Å². The molecular formula is C9H11FN2O. The number of benzene rings is 1. The van der Waals surface area contributed by atoms with Gasteiger partial charge < -0.3 is 11.1 Å². The largest absolute Gasteiger partial charge is 0.396 e. The molecule has 3 nitrogen and oxygen atoms in total. The summed E-state index contributed by atoms with van der Waals surface area (Å²) in [7, 11) is 1.67. The van der Waals surface area contributed by atoms with Gasteiger partial charge in [-0.3, -0.25) is 4.79 Å². The number of carbonyl (C=O) groups is 1. The van der Waals surface area contributed by atoms with Crippen molar-refractivity contribution >= 4 is 11.5 Å². The Morgan fingerprint density at radius 3 is 2.85 bits per heavy atom. The van der Waals surface area contributed by atoms with E-state index in [0.29, 0.717) is 5.56 Å². The molecule has 0 aliphatic rings. The molecule has 70 valence electrons. The molecule has 3 N–H and O–H groups in total. The van der Waals surface area contributed by atoms with E-state index >= 15 is 0 Å². The number of nitrogens with one attached hydrogen (secondary N) is 1. The maximum atomic E-state index is 12.7. The van der Waals surface area contributed by atoms with Crippen molar-refractivity contribution in [3.05, 3.63) is 29.6 Å². The fourth-order valence-electron chi connectivity index (χ4n) is 0.980. The Kier molecular flexibility index (Phi) is 2.97. The standard InChI is InChI=1S/C9H11FN2O/c1-12-5-9(13)6-2-3-7(10)8(11)4-6/h2-4,12H,5,11H2,1H3. The number of likely N-dealkylation sites (N-methyl/N-ethyl adjacent to an activating group) is 1. The predicted octanol–water partition coefficient (Wildman–Crippen LogP) is 0.810. The van der Waals surface area contributed by atoms with Crippen LogP contribution in [-0.4, -0.2) is 19.4 Å². The first-order chi connectivity index (χ1) is 6.15. The number of rotatable bonds is 3. The molecule has 0 amide bonds. The van der Waals surface area contributed by atoms with Crippen LogP contribution in [0.1, 0.15) is 10.4 Å². The molecule has 1 rings (SSSR count). The summed E-state index contributed by atoms with van der Waals surface area (Å²) >= 11 is 0. The number of ketones is 1. The maximum Gasteiger partial charge on any atom is 0.176 e. The van der Waals surface area contributed by atoms with Crippen LogP contribution in [0.4, 0.5) is 10.1 Å². The fraction of sp³-hybridized carbons (Fsp3) is 0.222. The van der Waals surface area contributed by atoms with Gasteiger partial charge in [0.2, 0.25) is 0 Å². The highest BCUT2D eigenvalue weighted by molar-refractivity contribution is 5.98. The van der Waals surface area contributed by atoms with Crippen LogP contribution >= 0.6 is 0 Å². The number of halogens is 1. The number of carbonyl (C=O) groups excluding carboxylic acids is 1. The van der Waals surface area contributed by atoms with E-state index in [1.807, 2.05) is 0 Å². The number of Topliss-reactive ketones (excluding diaryl/α,β-unsaturated/α-hetero) is 1. The minimum absolute atomic E-state index is 0.00181. The molecule has 0 atom stereocenters. The number of hydrogen-bond acceptors (Lipinski definition) is 3. The lowest BCUT2D eigenvalue weighted by molar-refractivity contribution is 0.0993. The van der Waals surface area contributed by atoms with Crippen molar-refractivity contribution in [1.82, 2.24) is 5.32 Å². The van der Waals surface area contributed by atoms with Crippen molar-refractivity contribution in [3.8, 4) is 0 Å². The van der Waals surface area contributed by atoms with Crippen LogP contribution in [-0.2, 0) is 0 Å². The molecule has 0 aliphatic carbocycles. The predicted molar refractivity (Wildman–Crippen MR) is 49.1 cm³/mol. The molecule has 0 spiro atoms. The van der Waals surface area contributed by atoms with Gasteiger partial charge in [0.1, 0.15) is 5.82 Å². The molecule has 0 radical (unpaired) electrons. The lowest BCUT2D eigenvalue weighted by Gasteiger charge is -2.01. The van der Waals surface area contributed by atoms with Gasteiger partial charge in [0.05, 0.1) is 12.2 Å². The zero-order valence-corrected chi connectivity index (χ0v) is 7.30. The minimum atomic E-state index is -0.499. The summed E-state index contributed by atoms with van der Waals surface area (Å²) < 4.78 is 12.7. The monoisotopic (exact) mass is 182 g/mol. The summed E-state index contributed by atoms with van der Waals surface area (Å²) in [5, 5.41) is 2.72. The summed E-state index contributed by atoms with van der Waals surface area (Å²) in [6.45, 7) is 0.227. The Hall–Kier alpha value is -1.42. The molecule has 0 unspecified atom stereocenters. The molecule has 0 aromatic heterocycles. The number of hydrogen-bond donors (Lipinski definition) is 2. The Morgan fingerprint density at radius 2 is 2.31 bits per heavy atom. The lowest BCUT2D eigenvalue weighted by Crippen LogP contribution is -2.18. The molecule has 0 heterocycles. The Labute approximate surface area is 75.7 Å². The van der Waals surface area contributed by atoms with E-state index < -0.39 is 5.82 Å². The quantitative estimate of drug-likeness (QED) is 0.537. The van der Waals surface area contributed by atoms with Gasteiger partial charge in [-0.25, -0.2) is 4.39 Å². The summed E-state index contributed by atoms with van der Waals surface area (Å²) in [6.07, 6.45) is 0. The van der Waals surface area contributed by atoms with Crippen molar-refractivity contribution < 1.29 is 9.18 Å². The van der Waals surface area contributed by atoms with Gasteiger partial charge in [-0.15, -0.1) is 0 Å². The second-order valence-corrected chi connectivity index (χ2v) is 2.69. The summed E-state index contributed by atoms with van der Waals surface area (Å²) in [5.41, 5.74) is 5.73. The van der Waals surface area contributed by atoms with E-state index in [9.17, 15) is 9.18 Å². The fourth-order valence-corrected chi connectivity index (χ4v) is 0.980. The highest BCUT2D eigenvalue weighted by Gasteiger charge is 2.06. The summed E-state index contributed by atoms with van der Waals surface area (Å²) in [6, 6.07) is 3.96. The maximum absolute atomic E-state index is 12.7. The molecule has 13 heavy (non-hydrogen) atoms. The molecule has 0 saturated heterocycles. The van der Waals surface area contributed by atoms with Gasteiger partial charge in [0.25, 0.3) is 0 Å². The first kappa shape index (κ1) is 9.67. The van der Waals surface area contributed by atoms with Crippen molar-refractivity contribution in [1.29, 1.82) is 0 Å². The zero-order chi connectivity index (χ0) is 9.84. The van der Waals surface area contributed by atoms with Gasteiger partial charge in [-0.2, -0.15) is 0 Å². The van der Waals surface area contributed by atoms with Gasteiger partial charge in [-0.05, 0) is 25.2 Å². The van der Waals surface area contributed by atoms with Crippen LogP contribution in [0, 0.1) is 5.82 Å². The van der Waals surface area contributed by atoms with Crippen LogP contribution < -0.4 is 11.1 Å². The van der Waals surface area contributed by atoms with E-state index in [2.05, 4.69) is 5.32 Å². The third kappa shape index (κ3) is 2.26. The number of nitrogens with two attached hydrogens (primary N) is 1. The number of anilines is 1. The topological polar surface area (TPSA) is 55.1 Å². The SMILES string of the molecule is CNCC(=O)c1ccc(F)c(N)c1. The van der Waals surface area contributed by atoms with Gasteiger partial charge in [0.15, 0.2) is 5.78 Å². The van der Waals surface area contributed by atoms with Gasteiger partial charge >= 0.3 is 0 Å². The number of nitrogen functional groups attached to an aromatic ring is 1. The van der Waals surface area contributed by atoms with E-state index in [0.717, 1.165) is 0 Å². The minimum Gasteiger partial charge on any atom is -0.396 e. The van der Waals surface area contributed by atoms with Crippen molar-refractivity contribution in [2.75, 3.05) is 19.3 Å². The van der Waals surface area contributed by atoms with E-state index in [1.54, 1.807) is 7.05 Å². The molecule has 4 heteroatoms. The second kappa shape index (κ2) is 4.00. The first-order valence-electron chi connectivity index (χ1n) is 3.88. The Balaban J connectivity index is 2.90. The third-order valence-electron chi connectivity index (χ3n) is 1.66. The second-order valence-electron chi connectivity index (χ2n) is 2.69. The molecule has 0 saturated carbocycles. The average molecular weight is 182 g/mol. The van der Waals surface area contributed by atoms with Crippen molar-refractivity contribution in [2.45, 2.75) is 0 Å². The third-order valence-corrected chi connectivity index (χ3v) is 1.66. The van der Waals surface area contributed by atoms with E-state index in [4.69, 9.17) is 5.73 Å². The van der Waals surface area contributed by atoms with Crippen LogP contribution in [0.5, 0.6) is 0 Å². The van der Waals surface area contributed by atoms with Crippen LogP contribution in [0.25, 0.3) is 0 Å². The zero-order valence-electron chi connectivity index (χ0n) is 7.30. The smallest absolute Gasteiger partial charge is 0.176 e. The van der Waals surface area contributed by atoms with Crippen LogP contribution in [0.3, 0.4) is 0 Å². The molecule has 0 aliphatic heterocycles. The molecule has 1 aromatic rings. The van der Waals surface area contributed by atoms with Crippen molar-refractivity contribution in [2.24, 2.45) is 0 Å². The first-order valence-corrected chi connectivity index (χ1v) is 3.88. The highest BCUT2D eigenvalue weighted by Crippen LogP contribution is 2.12. The molecular weight excluding hydrogens is 171 g/mol.